The molecule has 0 aliphatic heterocycles. The summed E-state index contributed by atoms with van der Waals surface area (Å²) in [5, 5.41) is 10.7. The molecule has 0 amide bonds. The van der Waals surface area contributed by atoms with E-state index in [1.807, 2.05) is 0 Å². The molecule has 0 spiro atoms. The summed E-state index contributed by atoms with van der Waals surface area (Å²) in [6, 6.07) is 5.18. The van der Waals surface area contributed by atoms with Crippen molar-refractivity contribution in [3.63, 3.8) is 0 Å². The first-order valence-corrected chi connectivity index (χ1v) is 6.32. The quantitative estimate of drug-likeness (QED) is 0.865. The van der Waals surface area contributed by atoms with Crippen molar-refractivity contribution < 1.29 is 14.6 Å². The maximum Gasteiger partial charge on any atom is 0.305 e. The van der Waals surface area contributed by atoms with Gasteiger partial charge in [0, 0.05) is 9.50 Å². The van der Waals surface area contributed by atoms with E-state index in [0.717, 1.165) is 4.47 Å². The van der Waals surface area contributed by atoms with Crippen LogP contribution in [0.5, 0.6) is 0 Å². The number of esters is 1. The molecule has 0 saturated heterocycles. The zero-order valence-electron chi connectivity index (χ0n) is 9.61. The van der Waals surface area contributed by atoms with Crippen LogP contribution in [-0.2, 0) is 9.53 Å². The molecule has 0 aromatic heterocycles. The molecule has 1 rings (SSSR count). The van der Waals surface area contributed by atoms with Crippen LogP contribution in [0, 0.1) is 5.92 Å². The average molecular weight is 322 g/mol. The van der Waals surface area contributed by atoms with Crippen LogP contribution < -0.4 is 0 Å². The van der Waals surface area contributed by atoms with Gasteiger partial charge in [0.15, 0.2) is 0 Å². The molecule has 0 saturated carbocycles. The number of hydrogen-bond donors (Lipinski definition) is 1. The lowest BCUT2D eigenvalue weighted by Gasteiger charge is -2.19. The highest BCUT2D eigenvalue weighted by Gasteiger charge is 2.21. The van der Waals surface area contributed by atoms with Crippen molar-refractivity contribution in [1.29, 1.82) is 0 Å². The van der Waals surface area contributed by atoms with Crippen molar-refractivity contribution in [3.8, 4) is 0 Å². The highest BCUT2D eigenvalue weighted by atomic mass is 79.9. The first-order valence-electron chi connectivity index (χ1n) is 5.15. The first kappa shape index (κ1) is 14.5. The Morgan fingerprint density at radius 2 is 2.24 bits per heavy atom. The Labute approximate surface area is 114 Å². The van der Waals surface area contributed by atoms with Gasteiger partial charge in [0.05, 0.1) is 19.6 Å². The number of aliphatic hydroxyl groups excluding tert-OH is 1. The second-order valence-electron chi connectivity index (χ2n) is 3.87. The lowest BCUT2D eigenvalue weighted by molar-refractivity contribution is -0.142. The summed E-state index contributed by atoms with van der Waals surface area (Å²) in [6.45, 7) is 1.79. The van der Waals surface area contributed by atoms with Gasteiger partial charge in [-0.2, -0.15) is 0 Å². The lowest BCUT2D eigenvalue weighted by Crippen LogP contribution is -2.15. The fraction of sp³-hybridized carbons (Fsp3) is 0.417. The summed E-state index contributed by atoms with van der Waals surface area (Å²) in [5.41, 5.74) is 0.675. The third kappa shape index (κ3) is 3.98. The van der Waals surface area contributed by atoms with Gasteiger partial charge in [-0.25, -0.2) is 0 Å². The van der Waals surface area contributed by atoms with Gasteiger partial charge >= 0.3 is 5.97 Å². The minimum absolute atomic E-state index is 0.163. The summed E-state index contributed by atoms with van der Waals surface area (Å²) >= 11 is 9.22. The van der Waals surface area contributed by atoms with E-state index in [1.54, 1.807) is 25.1 Å². The molecule has 17 heavy (non-hydrogen) atoms. The van der Waals surface area contributed by atoms with Crippen LogP contribution in [0.25, 0.3) is 0 Å². The number of aliphatic hydroxyl groups is 1. The molecular formula is C12H14BrClO3. The van der Waals surface area contributed by atoms with Crippen LogP contribution in [0.2, 0.25) is 5.02 Å². The van der Waals surface area contributed by atoms with Crippen LogP contribution in [0.1, 0.15) is 25.0 Å². The topological polar surface area (TPSA) is 46.5 Å². The Morgan fingerprint density at radius 1 is 1.59 bits per heavy atom. The number of carbonyl (C=O) groups is 1. The van der Waals surface area contributed by atoms with E-state index >= 15 is 0 Å². The van der Waals surface area contributed by atoms with Gasteiger partial charge < -0.3 is 9.84 Å². The average Bonchev–Trinajstić information content (AvgIpc) is 2.31. The van der Waals surface area contributed by atoms with E-state index in [9.17, 15) is 9.90 Å². The molecule has 0 aliphatic rings. The largest absolute Gasteiger partial charge is 0.469 e. The van der Waals surface area contributed by atoms with Gasteiger partial charge in [-0.15, -0.1) is 0 Å². The second-order valence-corrected chi connectivity index (χ2v) is 5.16. The molecule has 0 aliphatic carbocycles. The predicted molar refractivity (Wildman–Crippen MR) is 69.9 cm³/mol. The molecule has 2 unspecified atom stereocenters. The molecule has 1 aromatic rings. The molecule has 0 radical (unpaired) electrons. The number of ether oxygens (including phenoxy) is 1. The molecule has 1 aromatic carbocycles. The lowest BCUT2D eigenvalue weighted by atomic mass is 9.95. The number of hydrogen-bond acceptors (Lipinski definition) is 3. The maximum atomic E-state index is 11.1. The minimum Gasteiger partial charge on any atom is -0.469 e. The molecule has 0 heterocycles. The van der Waals surface area contributed by atoms with Gasteiger partial charge in [0.1, 0.15) is 0 Å². The van der Waals surface area contributed by atoms with Crippen LogP contribution in [0.15, 0.2) is 22.7 Å². The van der Waals surface area contributed by atoms with Gasteiger partial charge in [-0.3, -0.25) is 4.79 Å². The predicted octanol–water partition coefficient (Wildman–Crippen LogP) is 3.34. The Hall–Kier alpha value is -0.580. The Balaban J connectivity index is 2.84. The van der Waals surface area contributed by atoms with E-state index in [-0.39, 0.29) is 18.3 Å². The van der Waals surface area contributed by atoms with Crippen LogP contribution in [0.4, 0.5) is 0 Å². The Kier molecular flexibility index (Phi) is 5.43. The van der Waals surface area contributed by atoms with Crippen molar-refractivity contribution in [2.75, 3.05) is 7.11 Å². The summed E-state index contributed by atoms with van der Waals surface area (Å²) < 4.78 is 5.34. The maximum absolute atomic E-state index is 11.1. The van der Waals surface area contributed by atoms with Crippen molar-refractivity contribution in [3.05, 3.63) is 33.3 Å². The molecule has 94 valence electrons. The Morgan fingerprint density at radius 3 is 2.82 bits per heavy atom. The SMILES string of the molecule is COC(=O)CC(C)C(O)c1cc(Cl)ccc1Br. The van der Waals surface area contributed by atoms with Crippen LogP contribution in [0.3, 0.4) is 0 Å². The fourth-order valence-corrected chi connectivity index (χ4v) is 2.17. The highest BCUT2D eigenvalue weighted by molar-refractivity contribution is 9.10. The Bertz CT molecular complexity index is 409. The van der Waals surface area contributed by atoms with Crippen LogP contribution >= 0.6 is 27.5 Å². The summed E-state index contributed by atoms with van der Waals surface area (Å²) in [7, 11) is 1.33. The van der Waals surface area contributed by atoms with E-state index in [0.29, 0.717) is 10.6 Å². The van der Waals surface area contributed by atoms with Crippen molar-refractivity contribution in [1.82, 2.24) is 0 Å². The second kappa shape index (κ2) is 6.38. The van der Waals surface area contributed by atoms with Crippen molar-refractivity contribution in [2.45, 2.75) is 19.4 Å². The third-order valence-electron chi connectivity index (χ3n) is 2.53. The minimum atomic E-state index is -0.762. The molecule has 2 atom stereocenters. The summed E-state index contributed by atoms with van der Waals surface area (Å²) in [4.78, 5) is 11.1. The number of benzene rings is 1. The van der Waals surface area contributed by atoms with Gasteiger partial charge in [0.2, 0.25) is 0 Å². The summed E-state index contributed by atoms with van der Waals surface area (Å²) in [6.07, 6.45) is -0.599. The van der Waals surface area contributed by atoms with E-state index in [1.165, 1.54) is 7.11 Å². The van der Waals surface area contributed by atoms with E-state index < -0.39 is 6.10 Å². The van der Waals surface area contributed by atoms with E-state index in [4.69, 9.17) is 11.6 Å². The van der Waals surface area contributed by atoms with Gasteiger partial charge in [-0.05, 0) is 29.7 Å². The summed E-state index contributed by atoms with van der Waals surface area (Å²) in [5.74, 6) is -0.577. The smallest absolute Gasteiger partial charge is 0.305 e. The highest BCUT2D eigenvalue weighted by Crippen LogP contribution is 2.32. The standard InChI is InChI=1S/C12H14BrClO3/c1-7(5-11(15)17-2)12(16)9-6-8(14)3-4-10(9)13/h3-4,6-7,12,16H,5H2,1-2H3. The molecular weight excluding hydrogens is 307 g/mol. The van der Waals surface area contributed by atoms with Crippen LogP contribution in [-0.4, -0.2) is 18.2 Å². The van der Waals surface area contributed by atoms with Gasteiger partial charge in [-0.1, -0.05) is 34.5 Å². The number of methoxy groups -OCH3 is 1. The number of carbonyl (C=O) groups excluding carboxylic acids is 1. The fourth-order valence-electron chi connectivity index (χ4n) is 1.51. The molecule has 3 nitrogen and oxygen atoms in total. The zero-order chi connectivity index (χ0) is 13.0. The van der Waals surface area contributed by atoms with Crippen molar-refractivity contribution >= 4 is 33.5 Å². The molecule has 0 fully saturated rings. The molecule has 5 heteroatoms. The van der Waals surface area contributed by atoms with Crippen molar-refractivity contribution in [2.24, 2.45) is 5.92 Å². The first-order chi connectivity index (χ1) is 7.95. The third-order valence-corrected chi connectivity index (χ3v) is 3.49. The number of rotatable bonds is 4. The molecule has 1 N–H and O–H groups in total. The molecule has 0 bridgehead atoms. The number of halogens is 2. The zero-order valence-corrected chi connectivity index (χ0v) is 12.0. The van der Waals surface area contributed by atoms with E-state index in [2.05, 4.69) is 20.7 Å². The van der Waals surface area contributed by atoms with Gasteiger partial charge in [0.25, 0.3) is 0 Å². The monoisotopic (exact) mass is 320 g/mol. The normalized spacial score (nSPS) is 14.2.